The molecule has 3 aliphatic heterocycles. The van der Waals surface area contributed by atoms with Crippen LogP contribution in [0.4, 0.5) is 10.2 Å². The molecule has 6 heterocycles. The number of nitrogens with zero attached hydrogens (tertiary/aromatic N) is 6. The molecule has 4 aliphatic rings. The Balaban J connectivity index is 1.23. The lowest BCUT2D eigenvalue weighted by Gasteiger charge is -2.50. The van der Waals surface area contributed by atoms with Gasteiger partial charge in [0.15, 0.2) is 5.82 Å². The van der Waals surface area contributed by atoms with Crippen molar-refractivity contribution in [2.75, 3.05) is 58.0 Å². The van der Waals surface area contributed by atoms with E-state index in [2.05, 4.69) is 22.0 Å². The predicted octanol–water partition coefficient (Wildman–Crippen LogP) is 6.08. The van der Waals surface area contributed by atoms with Crippen LogP contribution in [0.1, 0.15) is 64.4 Å². The van der Waals surface area contributed by atoms with Crippen molar-refractivity contribution in [3.63, 3.8) is 0 Å². The summed E-state index contributed by atoms with van der Waals surface area (Å²) in [5.74, 6) is -0.0553. The van der Waals surface area contributed by atoms with E-state index < -0.39 is 11.4 Å². The third kappa shape index (κ3) is 5.68. The van der Waals surface area contributed by atoms with Gasteiger partial charge in [0.05, 0.1) is 49.3 Å². The largest absolute Gasteiger partial charge is 0.480 e. The van der Waals surface area contributed by atoms with Crippen molar-refractivity contribution in [3.8, 4) is 23.1 Å². The van der Waals surface area contributed by atoms with E-state index in [1.807, 2.05) is 24.8 Å². The first kappa shape index (κ1) is 32.9. The number of aromatic nitrogens is 5. The van der Waals surface area contributed by atoms with Crippen molar-refractivity contribution >= 4 is 39.2 Å². The maximum atomic E-state index is 17.1. The molecule has 1 aliphatic carbocycles. The third-order valence-corrected chi connectivity index (χ3v) is 11.9. The highest BCUT2D eigenvalue weighted by molar-refractivity contribution is 6.35. The van der Waals surface area contributed by atoms with Crippen molar-refractivity contribution in [2.45, 2.75) is 77.4 Å². The fourth-order valence-corrected chi connectivity index (χ4v) is 9.23. The summed E-state index contributed by atoms with van der Waals surface area (Å²) in [7, 11) is 1.50. The second-order valence-corrected chi connectivity index (χ2v) is 15.9. The average molecular weight is 694 g/mol. The van der Waals surface area contributed by atoms with Gasteiger partial charge in [-0.1, -0.05) is 24.9 Å². The molecule has 262 valence electrons. The maximum absolute atomic E-state index is 17.1. The molecule has 49 heavy (non-hydrogen) atoms. The van der Waals surface area contributed by atoms with E-state index >= 15 is 4.39 Å². The van der Waals surface area contributed by atoms with Crippen molar-refractivity contribution in [1.29, 1.82) is 0 Å². The van der Waals surface area contributed by atoms with Crippen LogP contribution in [0.15, 0.2) is 12.3 Å². The molecule has 0 unspecified atom stereocenters. The van der Waals surface area contributed by atoms with Gasteiger partial charge in [0.1, 0.15) is 22.4 Å². The highest BCUT2D eigenvalue weighted by Crippen LogP contribution is 2.49. The first-order valence-electron chi connectivity index (χ1n) is 17.5. The Morgan fingerprint density at radius 2 is 1.92 bits per heavy atom. The number of pyridine rings is 1. The van der Waals surface area contributed by atoms with Gasteiger partial charge in [-0.25, -0.2) is 9.37 Å². The number of likely N-dealkylation sites (tertiary alicyclic amines) is 1. The molecule has 2 N–H and O–H groups in total. The van der Waals surface area contributed by atoms with E-state index in [9.17, 15) is 5.11 Å². The Kier molecular flexibility index (Phi) is 8.16. The number of piperidine rings is 2. The molecule has 8 rings (SSSR count). The molecule has 0 spiro atoms. The van der Waals surface area contributed by atoms with Gasteiger partial charge < -0.3 is 24.2 Å². The van der Waals surface area contributed by atoms with Gasteiger partial charge in [-0.2, -0.15) is 15.1 Å². The molecular weight excluding hydrogens is 649 g/mol. The average Bonchev–Trinajstić information content (AvgIpc) is 3.71. The van der Waals surface area contributed by atoms with Gasteiger partial charge in [0.2, 0.25) is 5.88 Å². The lowest BCUT2D eigenvalue weighted by molar-refractivity contribution is -0.130. The number of methoxy groups -OCH3 is 1. The molecule has 0 bridgehead atoms. The third-order valence-electron chi connectivity index (χ3n) is 11.4. The van der Waals surface area contributed by atoms with Crippen molar-refractivity contribution < 1.29 is 23.7 Å². The molecule has 13 heteroatoms. The summed E-state index contributed by atoms with van der Waals surface area (Å²) in [4.78, 5) is 19.0. The molecule has 0 amide bonds. The molecule has 3 aromatic heterocycles. The van der Waals surface area contributed by atoms with Gasteiger partial charge in [-0.15, -0.1) is 0 Å². The number of benzene rings is 1. The highest BCUT2D eigenvalue weighted by atomic mass is 35.5. The van der Waals surface area contributed by atoms with Crippen LogP contribution in [0, 0.1) is 23.6 Å². The minimum atomic E-state index is -0.943. The minimum absolute atomic E-state index is 0.0107. The van der Waals surface area contributed by atoms with E-state index in [-0.39, 0.29) is 33.9 Å². The molecule has 4 aromatic rings. The van der Waals surface area contributed by atoms with Crippen LogP contribution in [0.5, 0.6) is 11.9 Å². The van der Waals surface area contributed by atoms with Gasteiger partial charge in [-0.05, 0) is 70.5 Å². The van der Waals surface area contributed by atoms with Gasteiger partial charge in [0, 0.05) is 47.5 Å². The zero-order valence-electron chi connectivity index (χ0n) is 28.7. The topological polar surface area (TPSA) is 122 Å². The summed E-state index contributed by atoms with van der Waals surface area (Å²) in [6.45, 7) is 11.1. The van der Waals surface area contributed by atoms with Gasteiger partial charge >= 0.3 is 6.01 Å². The second-order valence-electron chi connectivity index (χ2n) is 15.5. The first-order chi connectivity index (χ1) is 23.5. The van der Waals surface area contributed by atoms with E-state index in [1.165, 1.54) is 7.11 Å². The molecule has 4 fully saturated rings. The zero-order valence-corrected chi connectivity index (χ0v) is 29.5. The Morgan fingerprint density at radius 1 is 1.12 bits per heavy atom. The standard InChI is InChI=1S/C36H45ClFN7O4/c1-21-14-23-22(15-39-43-23)25(27(21)37)29-28(38)30-26(32(40-29)47-4)31(45-13-6-9-35(3,46)17-45)42-33(41-30)49-20-36-10-5-8-24(36)44(12-7-11-36)16-34(2)18-48-19-34/h14-15,24,46H,5-13,16-20H2,1-4H3,(H,39,43)/t24-,35-,36-/m1/s1. The SMILES string of the molecule is COc1nc(-c2c(Cl)c(C)cc3[nH]ncc23)c(F)c2nc(OC[C@]34CCC[C@H]3N(CC3(C)COC3)CCC4)nc(N3CCC[C@@](C)(O)C3)c12. The number of hydrogen-bond donors (Lipinski definition) is 2. The Hall–Kier alpha value is -3.32. The smallest absolute Gasteiger partial charge is 0.319 e. The minimum Gasteiger partial charge on any atom is -0.480 e. The van der Waals surface area contributed by atoms with E-state index in [0.717, 1.165) is 70.4 Å². The molecule has 3 saturated heterocycles. The number of β-amino-alcohol motifs (C(OH)–C–C–N with tert-alkyl or cyclic N) is 1. The quantitative estimate of drug-likeness (QED) is 0.225. The van der Waals surface area contributed by atoms with Crippen LogP contribution in [-0.2, 0) is 4.74 Å². The number of aromatic amines is 1. The van der Waals surface area contributed by atoms with Crippen LogP contribution < -0.4 is 14.4 Å². The summed E-state index contributed by atoms with van der Waals surface area (Å²) in [6.07, 6.45) is 8.53. The fraction of sp³-hybridized carbons (Fsp3) is 0.611. The maximum Gasteiger partial charge on any atom is 0.319 e. The van der Waals surface area contributed by atoms with Crippen LogP contribution in [0.3, 0.4) is 0 Å². The number of fused-ring (bicyclic) bond motifs is 3. The number of anilines is 1. The summed E-state index contributed by atoms with van der Waals surface area (Å²) in [6, 6.07) is 2.39. The zero-order chi connectivity index (χ0) is 34.1. The fourth-order valence-electron chi connectivity index (χ4n) is 8.99. The number of H-pyrrole nitrogens is 1. The molecule has 0 radical (unpaired) electrons. The number of halogens is 2. The van der Waals surface area contributed by atoms with Gasteiger partial charge in [-0.3, -0.25) is 10.00 Å². The monoisotopic (exact) mass is 693 g/mol. The first-order valence-corrected chi connectivity index (χ1v) is 17.9. The predicted molar refractivity (Wildman–Crippen MR) is 186 cm³/mol. The summed E-state index contributed by atoms with van der Waals surface area (Å²) >= 11 is 6.86. The highest BCUT2D eigenvalue weighted by Gasteiger charge is 2.50. The van der Waals surface area contributed by atoms with Crippen LogP contribution in [-0.4, -0.2) is 99.9 Å². The summed E-state index contributed by atoms with van der Waals surface area (Å²) < 4.78 is 35.1. The van der Waals surface area contributed by atoms with E-state index in [4.69, 9.17) is 40.8 Å². The lowest BCUT2D eigenvalue weighted by Crippen LogP contribution is -2.57. The number of aryl methyl sites for hydroxylation is 1. The molecule has 1 aromatic carbocycles. The van der Waals surface area contributed by atoms with Crippen LogP contribution in [0.2, 0.25) is 5.02 Å². The second kappa shape index (κ2) is 12.2. The number of hydrogen-bond acceptors (Lipinski definition) is 10. The Bertz CT molecular complexity index is 1920. The summed E-state index contributed by atoms with van der Waals surface area (Å²) in [5.41, 5.74) is 1.14. The van der Waals surface area contributed by atoms with Gasteiger partial charge in [0.25, 0.3) is 0 Å². The lowest BCUT2D eigenvalue weighted by atomic mass is 9.74. The molecule has 1 saturated carbocycles. The number of nitrogens with one attached hydrogen (secondary N) is 1. The Morgan fingerprint density at radius 3 is 2.67 bits per heavy atom. The van der Waals surface area contributed by atoms with Crippen molar-refractivity contribution in [2.24, 2.45) is 10.8 Å². The Labute approximate surface area is 290 Å². The number of aliphatic hydroxyl groups is 1. The van der Waals surface area contributed by atoms with Crippen molar-refractivity contribution in [1.82, 2.24) is 30.0 Å². The normalized spacial score (nSPS) is 27.0. The summed E-state index contributed by atoms with van der Waals surface area (Å²) in [5, 5.41) is 19.6. The van der Waals surface area contributed by atoms with E-state index in [0.29, 0.717) is 64.9 Å². The number of ether oxygens (including phenoxy) is 3. The van der Waals surface area contributed by atoms with Crippen LogP contribution >= 0.6 is 11.6 Å². The molecule has 11 nitrogen and oxygen atoms in total. The molecule has 3 atom stereocenters. The van der Waals surface area contributed by atoms with E-state index in [1.54, 1.807) is 6.20 Å². The molecular formula is C36H45ClFN7O4. The van der Waals surface area contributed by atoms with Crippen LogP contribution in [0.25, 0.3) is 33.1 Å². The number of rotatable bonds is 8. The van der Waals surface area contributed by atoms with Crippen molar-refractivity contribution in [3.05, 3.63) is 28.7 Å².